The first-order valence-corrected chi connectivity index (χ1v) is 11.9. The van der Waals surface area contributed by atoms with E-state index in [4.69, 9.17) is 4.74 Å². The number of hydrogen-bond acceptors (Lipinski definition) is 5. The Bertz CT molecular complexity index is 1380. The Morgan fingerprint density at radius 3 is 2.47 bits per heavy atom. The first kappa shape index (κ1) is 25.1. The molecule has 0 aliphatic rings. The summed E-state index contributed by atoms with van der Waals surface area (Å²) in [6.07, 6.45) is 0. The first-order valence-electron chi connectivity index (χ1n) is 11.9. The molecular formula is C28H31N5O3. The summed E-state index contributed by atoms with van der Waals surface area (Å²) in [5.74, 6) is -0.555. The van der Waals surface area contributed by atoms with Gasteiger partial charge >= 0.3 is 0 Å². The Hall–Kier alpha value is -4.04. The maximum absolute atomic E-state index is 14.0. The Kier molecular flexibility index (Phi) is 7.75. The number of amides is 2. The summed E-state index contributed by atoms with van der Waals surface area (Å²) >= 11 is 0. The van der Waals surface area contributed by atoms with E-state index in [2.05, 4.69) is 15.6 Å². The highest BCUT2D eigenvalue weighted by molar-refractivity contribution is 6.01. The van der Waals surface area contributed by atoms with Crippen molar-refractivity contribution in [2.24, 2.45) is 0 Å². The lowest BCUT2D eigenvalue weighted by Gasteiger charge is -2.32. The zero-order valence-electron chi connectivity index (χ0n) is 21.1. The minimum Gasteiger partial charge on any atom is -0.383 e. The van der Waals surface area contributed by atoms with Gasteiger partial charge in [0.1, 0.15) is 18.1 Å². The molecule has 1 atom stereocenters. The van der Waals surface area contributed by atoms with Gasteiger partial charge in [-0.25, -0.2) is 4.68 Å². The minimum atomic E-state index is -0.882. The van der Waals surface area contributed by atoms with E-state index in [9.17, 15) is 9.59 Å². The average molecular weight is 486 g/mol. The van der Waals surface area contributed by atoms with Crippen LogP contribution in [-0.4, -0.2) is 47.1 Å². The molecule has 0 bridgehead atoms. The molecule has 36 heavy (non-hydrogen) atoms. The smallest absolute Gasteiger partial charge is 0.249 e. The summed E-state index contributed by atoms with van der Waals surface area (Å²) in [6.45, 7) is 6.59. The normalized spacial score (nSPS) is 11.9. The first-order chi connectivity index (χ1) is 17.4. The van der Waals surface area contributed by atoms with Gasteiger partial charge in [-0.15, -0.1) is 5.10 Å². The second kappa shape index (κ2) is 11.1. The monoisotopic (exact) mass is 485 g/mol. The number of aryl methyl sites for hydroxylation is 3. The van der Waals surface area contributed by atoms with Crippen molar-refractivity contribution in [2.75, 3.05) is 25.2 Å². The van der Waals surface area contributed by atoms with Gasteiger partial charge < -0.3 is 10.1 Å². The van der Waals surface area contributed by atoms with Crippen molar-refractivity contribution >= 4 is 28.5 Å². The van der Waals surface area contributed by atoms with Crippen LogP contribution in [0.5, 0.6) is 0 Å². The van der Waals surface area contributed by atoms with Gasteiger partial charge in [-0.3, -0.25) is 14.5 Å². The Labute approximate surface area is 210 Å². The van der Waals surface area contributed by atoms with Gasteiger partial charge in [-0.1, -0.05) is 47.7 Å². The molecule has 4 rings (SSSR count). The Balaban J connectivity index is 1.81. The molecule has 0 saturated carbocycles. The van der Waals surface area contributed by atoms with Gasteiger partial charge in [0.2, 0.25) is 11.8 Å². The molecule has 8 nitrogen and oxygen atoms in total. The average Bonchev–Trinajstić information content (AvgIpc) is 3.27. The number of aromatic nitrogens is 3. The largest absolute Gasteiger partial charge is 0.383 e. The lowest BCUT2D eigenvalue weighted by Crippen LogP contribution is -2.46. The highest BCUT2D eigenvalue weighted by Gasteiger charge is 2.34. The van der Waals surface area contributed by atoms with E-state index >= 15 is 0 Å². The lowest BCUT2D eigenvalue weighted by molar-refractivity contribution is -0.127. The fourth-order valence-corrected chi connectivity index (χ4v) is 4.22. The van der Waals surface area contributed by atoms with Gasteiger partial charge in [0, 0.05) is 19.3 Å². The predicted molar refractivity (Wildman–Crippen MR) is 140 cm³/mol. The topological polar surface area (TPSA) is 89.4 Å². The van der Waals surface area contributed by atoms with Crippen LogP contribution in [0.4, 0.5) is 5.69 Å². The van der Waals surface area contributed by atoms with Crippen LogP contribution >= 0.6 is 0 Å². The summed E-state index contributed by atoms with van der Waals surface area (Å²) in [6, 6.07) is 20.0. The molecule has 0 aliphatic heterocycles. The van der Waals surface area contributed by atoms with Crippen LogP contribution in [0.2, 0.25) is 0 Å². The van der Waals surface area contributed by atoms with Gasteiger partial charge in [0.25, 0.3) is 0 Å². The Morgan fingerprint density at radius 2 is 1.72 bits per heavy atom. The summed E-state index contributed by atoms with van der Waals surface area (Å²) in [5.41, 5.74) is 5.89. The predicted octanol–water partition coefficient (Wildman–Crippen LogP) is 3.89. The number of anilines is 1. The van der Waals surface area contributed by atoms with Crippen molar-refractivity contribution < 1.29 is 14.3 Å². The van der Waals surface area contributed by atoms with Gasteiger partial charge in [0.15, 0.2) is 0 Å². The molecule has 8 heteroatoms. The van der Waals surface area contributed by atoms with E-state index in [1.165, 1.54) is 0 Å². The molecule has 3 aromatic carbocycles. The summed E-state index contributed by atoms with van der Waals surface area (Å²) in [4.78, 5) is 29.3. The maximum atomic E-state index is 14.0. The number of nitrogens with one attached hydrogen (secondary N) is 1. The minimum absolute atomic E-state index is 0.0683. The molecule has 0 fully saturated rings. The van der Waals surface area contributed by atoms with Crippen LogP contribution < -0.4 is 10.2 Å². The van der Waals surface area contributed by atoms with Crippen molar-refractivity contribution in [3.05, 3.63) is 89.0 Å². The van der Waals surface area contributed by atoms with Crippen molar-refractivity contribution in [1.29, 1.82) is 0 Å². The molecular weight excluding hydrogens is 454 g/mol. The number of fused-ring (bicyclic) bond motifs is 1. The van der Waals surface area contributed by atoms with Crippen molar-refractivity contribution in [1.82, 2.24) is 20.3 Å². The SMILES string of the molecule is COCCNC(=O)C(c1ccccc1C)N(C(=O)Cn1nnc2ccccc21)c1ccc(C)c(C)c1. The van der Waals surface area contributed by atoms with E-state index in [0.29, 0.717) is 24.4 Å². The zero-order valence-corrected chi connectivity index (χ0v) is 21.1. The van der Waals surface area contributed by atoms with Gasteiger partial charge in [0.05, 0.1) is 12.1 Å². The van der Waals surface area contributed by atoms with E-state index in [0.717, 1.165) is 27.8 Å². The summed E-state index contributed by atoms with van der Waals surface area (Å²) in [5, 5.41) is 11.3. The quantitative estimate of drug-likeness (QED) is 0.363. The number of para-hydroxylation sites is 1. The van der Waals surface area contributed by atoms with Crippen molar-refractivity contribution in [3.63, 3.8) is 0 Å². The van der Waals surface area contributed by atoms with Crippen LogP contribution in [-0.2, 0) is 20.9 Å². The highest BCUT2D eigenvalue weighted by Crippen LogP contribution is 2.31. The number of ether oxygens (including phenoxy) is 1. The van der Waals surface area contributed by atoms with Crippen LogP contribution in [0, 0.1) is 20.8 Å². The molecule has 0 aliphatic carbocycles. The third-order valence-corrected chi connectivity index (χ3v) is 6.34. The lowest BCUT2D eigenvalue weighted by atomic mass is 9.97. The van der Waals surface area contributed by atoms with E-state index in [-0.39, 0.29) is 18.4 Å². The van der Waals surface area contributed by atoms with Crippen LogP contribution in [0.15, 0.2) is 66.7 Å². The molecule has 4 aromatic rings. The number of benzene rings is 3. The molecule has 2 amide bonds. The third kappa shape index (κ3) is 5.28. The number of hydrogen-bond donors (Lipinski definition) is 1. The molecule has 0 radical (unpaired) electrons. The van der Waals surface area contributed by atoms with Gasteiger partial charge in [-0.2, -0.15) is 0 Å². The van der Waals surface area contributed by atoms with Gasteiger partial charge in [-0.05, 0) is 67.3 Å². The standard InChI is InChI=1S/C28H31N5O3/c1-19-13-14-22(17-21(19)3)33(26(34)18-32-25-12-8-7-11-24(25)30-31-32)27(28(35)29-15-16-36-4)23-10-6-5-9-20(23)2/h5-14,17,27H,15-16,18H2,1-4H3,(H,29,35). The molecule has 0 spiro atoms. The second-order valence-corrected chi connectivity index (χ2v) is 8.81. The van der Waals surface area contributed by atoms with Crippen molar-refractivity contribution in [2.45, 2.75) is 33.4 Å². The Morgan fingerprint density at radius 1 is 0.972 bits per heavy atom. The van der Waals surface area contributed by atoms with E-state index in [1.807, 2.05) is 87.5 Å². The molecule has 186 valence electrons. The maximum Gasteiger partial charge on any atom is 0.249 e. The van der Waals surface area contributed by atoms with Crippen LogP contribution in [0.3, 0.4) is 0 Å². The molecule has 1 N–H and O–H groups in total. The highest BCUT2D eigenvalue weighted by atomic mass is 16.5. The fraction of sp³-hybridized carbons (Fsp3) is 0.286. The van der Waals surface area contributed by atoms with Crippen molar-refractivity contribution in [3.8, 4) is 0 Å². The fourth-order valence-electron chi connectivity index (χ4n) is 4.22. The number of carbonyl (C=O) groups excluding carboxylic acids is 2. The van der Waals surface area contributed by atoms with Crippen LogP contribution in [0.25, 0.3) is 11.0 Å². The molecule has 1 unspecified atom stereocenters. The number of nitrogens with zero attached hydrogens (tertiary/aromatic N) is 4. The zero-order chi connectivity index (χ0) is 25.7. The number of carbonyl (C=O) groups is 2. The number of methoxy groups -OCH3 is 1. The molecule has 1 aromatic heterocycles. The number of rotatable bonds is 9. The molecule has 1 heterocycles. The van der Waals surface area contributed by atoms with E-state index < -0.39 is 6.04 Å². The molecule has 0 saturated heterocycles. The second-order valence-electron chi connectivity index (χ2n) is 8.81. The van der Waals surface area contributed by atoms with E-state index in [1.54, 1.807) is 16.7 Å². The van der Waals surface area contributed by atoms with Crippen LogP contribution in [0.1, 0.15) is 28.3 Å². The summed E-state index contributed by atoms with van der Waals surface area (Å²) in [7, 11) is 1.58. The third-order valence-electron chi connectivity index (χ3n) is 6.34. The summed E-state index contributed by atoms with van der Waals surface area (Å²) < 4.78 is 6.69.